The van der Waals surface area contributed by atoms with Crippen molar-refractivity contribution in [3.8, 4) is 0 Å². The number of nitrogens with two attached hydrogens (primary N) is 1. The lowest BCUT2D eigenvalue weighted by molar-refractivity contribution is -0.128. The average Bonchev–Trinajstić information content (AvgIpc) is 2.53. The molecule has 0 saturated heterocycles. The Kier molecular flexibility index (Phi) is 5.36. The van der Waals surface area contributed by atoms with Gasteiger partial charge in [-0.05, 0) is 50.6 Å². The summed E-state index contributed by atoms with van der Waals surface area (Å²) >= 11 is 5.79. The van der Waals surface area contributed by atoms with Crippen molar-refractivity contribution >= 4 is 29.1 Å². The van der Waals surface area contributed by atoms with Gasteiger partial charge in [0.05, 0.1) is 29.4 Å². The van der Waals surface area contributed by atoms with E-state index in [1.807, 2.05) is 0 Å². The normalized spacial score (nSPS) is 20.9. The first-order chi connectivity index (χ1) is 13.3. The zero-order valence-electron chi connectivity index (χ0n) is 16.4. The van der Waals surface area contributed by atoms with Crippen molar-refractivity contribution in [2.24, 2.45) is 10.7 Å². The van der Waals surface area contributed by atoms with Crippen LogP contribution in [-0.2, 0) is 4.74 Å². The second-order valence-electron chi connectivity index (χ2n) is 8.60. The van der Waals surface area contributed by atoms with Gasteiger partial charge < -0.3 is 10.5 Å². The van der Waals surface area contributed by atoms with Gasteiger partial charge in [-0.15, -0.1) is 0 Å². The predicted molar refractivity (Wildman–Crippen MR) is 106 cm³/mol. The summed E-state index contributed by atoms with van der Waals surface area (Å²) in [5.74, 6) is -3.39. The molecule has 1 aliphatic carbocycles. The van der Waals surface area contributed by atoms with Gasteiger partial charge in [-0.3, -0.25) is 9.89 Å². The Morgan fingerprint density at radius 2 is 2.00 bits per heavy atom. The number of hydrogen-bond acceptors (Lipinski definition) is 4. The molecule has 0 aromatic heterocycles. The summed E-state index contributed by atoms with van der Waals surface area (Å²) in [6.07, 6.45) is 0.00663. The van der Waals surface area contributed by atoms with Crippen molar-refractivity contribution in [1.82, 2.24) is 4.90 Å². The lowest BCUT2D eigenvalue weighted by Crippen LogP contribution is -2.61. The number of carbonyl (C=O) groups excluding carboxylic acids is 1. The van der Waals surface area contributed by atoms with Crippen molar-refractivity contribution in [2.75, 3.05) is 13.1 Å². The molecule has 1 spiro atoms. The van der Waals surface area contributed by atoms with E-state index in [9.17, 15) is 18.0 Å². The van der Waals surface area contributed by atoms with Crippen molar-refractivity contribution in [2.45, 2.75) is 50.7 Å². The van der Waals surface area contributed by atoms with E-state index in [0.29, 0.717) is 11.3 Å². The molecular weight excluding hydrogens is 407 g/mol. The minimum atomic E-state index is -2.81. The average molecular weight is 430 g/mol. The molecule has 1 aromatic carbocycles. The minimum absolute atomic E-state index is 0.0527. The van der Waals surface area contributed by atoms with Crippen LogP contribution in [0.2, 0.25) is 5.02 Å². The largest absolute Gasteiger partial charge is 0.444 e. The van der Waals surface area contributed by atoms with Crippen molar-refractivity contribution in [3.63, 3.8) is 0 Å². The summed E-state index contributed by atoms with van der Waals surface area (Å²) in [6, 6.07) is 4.00. The van der Waals surface area contributed by atoms with Gasteiger partial charge in [0.1, 0.15) is 11.4 Å². The number of carbonyl (C=O) groups is 1. The second kappa shape index (κ2) is 7.23. The first-order valence-corrected chi connectivity index (χ1v) is 9.52. The van der Waals surface area contributed by atoms with Crippen LogP contribution >= 0.6 is 11.6 Å². The topological polar surface area (TPSA) is 67.9 Å². The van der Waals surface area contributed by atoms with Crippen LogP contribution in [0.5, 0.6) is 0 Å². The smallest absolute Gasteiger partial charge is 0.410 e. The Labute approximate surface area is 172 Å². The van der Waals surface area contributed by atoms with Gasteiger partial charge >= 0.3 is 6.09 Å². The third-order valence-corrected chi connectivity index (χ3v) is 4.91. The van der Waals surface area contributed by atoms with E-state index >= 15 is 0 Å². The summed E-state index contributed by atoms with van der Waals surface area (Å²) in [7, 11) is 0. The van der Waals surface area contributed by atoms with Crippen molar-refractivity contribution in [1.29, 1.82) is 0 Å². The molecule has 0 atom stereocenters. The van der Waals surface area contributed by atoms with Gasteiger partial charge in [-0.2, -0.15) is 0 Å². The molecule has 158 valence electrons. The number of ether oxygens (including phenoxy) is 1. The SMILES string of the molecule is CC(C)(C)OC(=O)N1CC(C=C(N)c2ccc(F)c(Cl)c2)=NC2(C1)CC(F)(F)C2. The fourth-order valence-electron chi connectivity index (χ4n) is 3.56. The van der Waals surface area contributed by atoms with Crippen LogP contribution in [0.4, 0.5) is 18.0 Å². The molecule has 1 aliphatic heterocycles. The van der Waals surface area contributed by atoms with Gasteiger partial charge in [0.25, 0.3) is 5.92 Å². The highest BCUT2D eigenvalue weighted by molar-refractivity contribution is 6.30. The Balaban J connectivity index is 1.89. The van der Waals surface area contributed by atoms with E-state index in [1.54, 1.807) is 20.8 Å². The third kappa shape index (κ3) is 5.04. The van der Waals surface area contributed by atoms with Gasteiger partial charge in [0, 0.05) is 18.5 Å². The van der Waals surface area contributed by atoms with Crippen LogP contribution in [0.15, 0.2) is 29.3 Å². The summed E-state index contributed by atoms with van der Waals surface area (Å²) in [5, 5.41) is -0.0880. The number of halogens is 4. The van der Waals surface area contributed by atoms with E-state index in [4.69, 9.17) is 22.1 Å². The summed E-state index contributed by atoms with van der Waals surface area (Å²) in [6.45, 7) is 5.31. The molecule has 0 radical (unpaired) electrons. The van der Waals surface area contributed by atoms with Crippen LogP contribution in [0.25, 0.3) is 5.70 Å². The number of nitrogens with zero attached hydrogens (tertiary/aromatic N) is 2. The maximum atomic E-state index is 13.6. The fourth-order valence-corrected chi connectivity index (χ4v) is 3.74. The van der Waals surface area contributed by atoms with E-state index in [1.165, 1.54) is 29.2 Å². The number of hydrogen-bond donors (Lipinski definition) is 1. The fraction of sp³-hybridized carbons (Fsp3) is 0.500. The molecule has 5 nitrogen and oxygen atoms in total. The van der Waals surface area contributed by atoms with Gasteiger partial charge in [0.15, 0.2) is 0 Å². The third-order valence-electron chi connectivity index (χ3n) is 4.62. The highest BCUT2D eigenvalue weighted by atomic mass is 35.5. The molecule has 9 heteroatoms. The zero-order chi connectivity index (χ0) is 21.6. The number of aliphatic imine (C=N–C) groups is 1. The molecule has 29 heavy (non-hydrogen) atoms. The maximum absolute atomic E-state index is 13.6. The van der Waals surface area contributed by atoms with Crippen LogP contribution < -0.4 is 5.73 Å². The molecule has 3 rings (SSSR count). The predicted octanol–water partition coefficient (Wildman–Crippen LogP) is 4.64. The zero-order valence-corrected chi connectivity index (χ0v) is 17.2. The van der Waals surface area contributed by atoms with Gasteiger partial charge in [-0.25, -0.2) is 18.0 Å². The van der Waals surface area contributed by atoms with Crippen LogP contribution in [-0.4, -0.2) is 46.9 Å². The van der Waals surface area contributed by atoms with E-state index < -0.39 is 41.8 Å². The van der Waals surface area contributed by atoms with E-state index in [2.05, 4.69) is 4.99 Å². The molecule has 1 heterocycles. The lowest BCUT2D eigenvalue weighted by atomic mass is 9.72. The quantitative estimate of drug-likeness (QED) is 0.744. The molecule has 1 saturated carbocycles. The van der Waals surface area contributed by atoms with Crippen LogP contribution in [0.3, 0.4) is 0 Å². The Hall–Kier alpha value is -2.22. The molecule has 2 N–H and O–H groups in total. The highest BCUT2D eigenvalue weighted by Crippen LogP contribution is 2.49. The first kappa shape index (κ1) is 21.5. The Bertz CT molecular complexity index is 885. The summed E-state index contributed by atoms with van der Waals surface area (Å²) in [5.41, 5.74) is 5.37. The number of rotatable bonds is 2. The summed E-state index contributed by atoms with van der Waals surface area (Å²) < 4.78 is 46.0. The molecule has 0 bridgehead atoms. The molecule has 1 fully saturated rings. The monoisotopic (exact) mass is 429 g/mol. The van der Waals surface area contributed by atoms with Crippen LogP contribution in [0.1, 0.15) is 39.2 Å². The Morgan fingerprint density at radius 1 is 1.34 bits per heavy atom. The molecule has 1 aromatic rings. The lowest BCUT2D eigenvalue weighted by Gasteiger charge is -2.49. The highest BCUT2D eigenvalue weighted by Gasteiger charge is 2.59. The maximum Gasteiger partial charge on any atom is 0.410 e. The Morgan fingerprint density at radius 3 is 2.55 bits per heavy atom. The standard InChI is InChI=1S/C20H23ClF3N3O2/c1-18(2,3)29-17(28)27-8-13(26-19(11-27)9-20(23,24)10-19)7-16(25)12-4-5-15(22)14(21)6-12/h4-7H,8-11,25H2,1-3H3. The number of alkyl halides is 2. The second-order valence-corrected chi connectivity index (χ2v) is 9.01. The van der Waals surface area contributed by atoms with E-state index in [-0.39, 0.29) is 23.8 Å². The first-order valence-electron chi connectivity index (χ1n) is 9.15. The summed E-state index contributed by atoms with van der Waals surface area (Å²) in [4.78, 5) is 18.4. The van der Waals surface area contributed by atoms with Gasteiger partial charge in [0.2, 0.25) is 0 Å². The molecular formula is C20H23ClF3N3O2. The number of benzene rings is 1. The van der Waals surface area contributed by atoms with Crippen molar-refractivity contribution in [3.05, 3.63) is 40.7 Å². The number of amides is 1. The van der Waals surface area contributed by atoms with Gasteiger partial charge in [-0.1, -0.05) is 11.6 Å². The van der Waals surface area contributed by atoms with E-state index in [0.717, 1.165) is 0 Å². The molecule has 1 amide bonds. The minimum Gasteiger partial charge on any atom is -0.444 e. The van der Waals surface area contributed by atoms with Crippen LogP contribution in [0, 0.1) is 5.82 Å². The molecule has 2 aliphatic rings. The molecule has 0 unspecified atom stereocenters. The van der Waals surface area contributed by atoms with Crippen molar-refractivity contribution < 1.29 is 22.7 Å².